The van der Waals surface area contributed by atoms with Crippen molar-refractivity contribution in [3.8, 4) is 11.4 Å². The Morgan fingerprint density at radius 1 is 0.957 bits per heavy atom. The number of aromatic amines is 1. The number of nitrogens with zero attached hydrogens (tertiary/aromatic N) is 1. The van der Waals surface area contributed by atoms with Gasteiger partial charge in [-0.2, -0.15) is 0 Å². The standard InChI is InChI=1S/C21H20N2/c1-2-3-7-15-12-13-19-20(14-15)23-21(22-19)18-11-6-9-16-8-4-5-10-17(16)18/h4-6,8-14H,2-3,7H2,1H3,(H,22,23). The molecular formula is C21H20N2. The van der Waals surface area contributed by atoms with Gasteiger partial charge >= 0.3 is 0 Å². The number of benzene rings is 3. The van der Waals surface area contributed by atoms with Gasteiger partial charge in [0.25, 0.3) is 0 Å². The predicted octanol–water partition coefficient (Wildman–Crippen LogP) is 5.73. The van der Waals surface area contributed by atoms with E-state index in [1.807, 2.05) is 0 Å². The zero-order valence-corrected chi connectivity index (χ0v) is 13.3. The molecule has 2 nitrogen and oxygen atoms in total. The van der Waals surface area contributed by atoms with Crippen molar-refractivity contribution in [2.75, 3.05) is 0 Å². The normalized spacial score (nSPS) is 11.3. The second kappa shape index (κ2) is 5.88. The molecule has 4 aromatic rings. The highest BCUT2D eigenvalue weighted by molar-refractivity contribution is 5.96. The van der Waals surface area contributed by atoms with E-state index in [9.17, 15) is 0 Å². The summed E-state index contributed by atoms with van der Waals surface area (Å²) in [6, 6.07) is 21.4. The maximum absolute atomic E-state index is 4.80. The Morgan fingerprint density at radius 2 is 1.83 bits per heavy atom. The van der Waals surface area contributed by atoms with Crippen LogP contribution in [0.25, 0.3) is 33.2 Å². The summed E-state index contributed by atoms with van der Waals surface area (Å²) in [7, 11) is 0. The Morgan fingerprint density at radius 3 is 2.74 bits per heavy atom. The first-order chi connectivity index (χ1) is 11.3. The fourth-order valence-electron chi connectivity index (χ4n) is 3.15. The molecule has 0 saturated heterocycles. The molecule has 2 heteroatoms. The number of nitrogens with one attached hydrogen (secondary N) is 1. The third-order valence-corrected chi connectivity index (χ3v) is 4.41. The Labute approximate surface area is 136 Å². The van der Waals surface area contributed by atoms with E-state index >= 15 is 0 Å². The fraction of sp³-hybridized carbons (Fsp3) is 0.190. The van der Waals surface area contributed by atoms with Crippen molar-refractivity contribution in [2.24, 2.45) is 0 Å². The van der Waals surface area contributed by atoms with Gasteiger partial charge in [0, 0.05) is 5.56 Å². The van der Waals surface area contributed by atoms with E-state index in [1.165, 1.54) is 29.2 Å². The summed E-state index contributed by atoms with van der Waals surface area (Å²) in [5, 5.41) is 2.48. The van der Waals surface area contributed by atoms with E-state index in [0.717, 1.165) is 28.8 Å². The van der Waals surface area contributed by atoms with Gasteiger partial charge in [-0.15, -0.1) is 0 Å². The van der Waals surface area contributed by atoms with E-state index in [2.05, 4.69) is 72.6 Å². The fourth-order valence-corrected chi connectivity index (χ4v) is 3.15. The number of aryl methyl sites for hydroxylation is 1. The van der Waals surface area contributed by atoms with Crippen LogP contribution in [0.1, 0.15) is 25.3 Å². The highest BCUT2D eigenvalue weighted by atomic mass is 14.9. The monoisotopic (exact) mass is 300 g/mol. The maximum Gasteiger partial charge on any atom is 0.139 e. The molecule has 0 spiro atoms. The first-order valence-corrected chi connectivity index (χ1v) is 8.32. The van der Waals surface area contributed by atoms with Crippen LogP contribution in [0, 0.1) is 0 Å². The number of rotatable bonds is 4. The zero-order chi connectivity index (χ0) is 15.6. The summed E-state index contributed by atoms with van der Waals surface area (Å²) >= 11 is 0. The van der Waals surface area contributed by atoms with E-state index in [-0.39, 0.29) is 0 Å². The molecule has 4 rings (SSSR count). The molecule has 1 heterocycles. The molecule has 0 aliphatic rings. The van der Waals surface area contributed by atoms with Crippen molar-refractivity contribution in [2.45, 2.75) is 26.2 Å². The van der Waals surface area contributed by atoms with Gasteiger partial charge in [-0.1, -0.05) is 61.9 Å². The molecule has 0 fully saturated rings. The van der Waals surface area contributed by atoms with Crippen LogP contribution in [0.4, 0.5) is 0 Å². The summed E-state index contributed by atoms with van der Waals surface area (Å²) in [6.45, 7) is 2.23. The number of fused-ring (bicyclic) bond motifs is 2. The summed E-state index contributed by atoms with van der Waals surface area (Å²) in [5.74, 6) is 0.949. The minimum atomic E-state index is 0.949. The highest BCUT2D eigenvalue weighted by Gasteiger charge is 2.09. The molecule has 0 bridgehead atoms. The lowest BCUT2D eigenvalue weighted by Gasteiger charge is -2.03. The Balaban J connectivity index is 1.82. The lowest BCUT2D eigenvalue weighted by molar-refractivity contribution is 0.796. The lowest BCUT2D eigenvalue weighted by atomic mass is 10.0. The SMILES string of the molecule is CCCCc1ccc2nc(-c3cccc4ccccc34)[nH]c2c1. The van der Waals surface area contributed by atoms with Gasteiger partial charge in [-0.05, 0) is 41.3 Å². The Kier molecular flexibility index (Phi) is 3.58. The van der Waals surface area contributed by atoms with Crippen molar-refractivity contribution in [1.29, 1.82) is 0 Å². The molecule has 0 saturated carbocycles. The van der Waals surface area contributed by atoms with Crippen molar-refractivity contribution in [3.05, 3.63) is 66.2 Å². The maximum atomic E-state index is 4.80. The van der Waals surface area contributed by atoms with Crippen LogP contribution in [0.3, 0.4) is 0 Å². The minimum absolute atomic E-state index is 0.949. The van der Waals surface area contributed by atoms with Crippen molar-refractivity contribution >= 4 is 21.8 Å². The zero-order valence-electron chi connectivity index (χ0n) is 13.3. The molecule has 0 atom stereocenters. The Hall–Kier alpha value is -2.61. The van der Waals surface area contributed by atoms with Crippen LogP contribution in [0.5, 0.6) is 0 Å². The molecule has 0 unspecified atom stereocenters. The molecular weight excluding hydrogens is 280 g/mol. The number of imidazole rings is 1. The van der Waals surface area contributed by atoms with Gasteiger partial charge in [0.2, 0.25) is 0 Å². The number of hydrogen-bond acceptors (Lipinski definition) is 1. The average molecular weight is 300 g/mol. The second-order valence-corrected chi connectivity index (χ2v) is 6.07. The van der Waals surface area contributed by atoms with Crippen molar-refractivity contribution in [1.82, 2.24) is 9.97 Å². The topological polar surface area (TPSA) is 28.7 Å². The van der Waals surface area contributed by atoms with E-state index < -0.39 is 0 Å². The molecule has 23 heavy (non-hydrogen) atoms. The first kappa shape index (κ1) is 14.0. The van der Waals surface area contributed by atoms with Crippen LogP contribution >= 0.6 is 0 Å². The summed E-state index contributed by atoms with van der Waals surface area (Å²) in [5.41, 5.74) is 4.71. The molecule has 0 aliphatic heterocycles. The molecule has 1 aromatic heterocycles. The highest BCUT2D eigenvalue weighted by Crippen LogP contribution is 2.28. The smallest absolute Gasteiger partial charge is 0.139 e. The number of hydrogen-bond donors (Lipinski definition) is 1. The summed E-state index contributed by atoms with van der Waals surface area (Å²) < 4.78 is 0. The van der Waals surface area contributed by atoms with Crippen LogP contribution in [0.15, 0.2) is 60.7 Å². The molecule has 0 aliphatic carbocycles. The van der Waals surface area contributed by atoms with Gasteiger partial charge in [-0.3, -0.25) is 0 Å². The summed E-state index contributed by atoms with van der Waals surface area (Å²) in [4.78, 5) is 8.31. The quantitative estimate of drug-likeness (QED) is 0.512. The van der Waals surface area contributed by atoms with Crippen LogP contribution < -0.4 is 0 Å². The van der Waals surface area contributed by atoms with Crippen LogP contribution in [0.2, 0.25) is 0 Å². The van der Waals surface area contributed by atoms with E-state index in [1.54, 1.807) is 0 Å². The molecule has 1 N–H and O–H groups in total. The van der Waals surface area contributed by atoms with Gasteiger partial charge in [0.1, 0.15) is 5.82 Å². The van der Waals surface area contributed by atoms with Gasteiger partial charge in [0.15, 0.2) is 0 Å². The predicted molar refractivity (Wildman–Crippen MR) is 97.6 cm³/mol. The summed E-state index contributed by atoms with van der Waals surface area (Å²) in [6.07, 6.45) is 3.59. The first-order valence-electron chi connectivity index (χ1n) is 8.32. The molecule has 0 amide bonds. The van der Waals surface area contributed by atoms with Crippen molar-refractivity contribution < 1.29 is 0 Å². The number of aromatic nitrogens is 2. The third-order valence-electron chi connectivity index (χ3n) is 4.41. The lowest BCUT2D eigenvalue weighted by Crippen LogP contribution is -1.84. The molecule has 114 valence electrons. The third kappa shape index (κ3) is 2.61. The van der Waals surface area contributed by atoms with E-state index in [4.69, 9.17) is 4.98 Å². The van der Waals surface area contributed by atoms with Gasteiger partial charge < -0.3 is 4.98 Å². The van der Waals surface area contributed by atoms with Gasteiger partial charge in [0.05, 0.1) is 11.0 Å². The van der Waals surface area contributed by atoms with Crippen molar-refractivity contribution in [3.63, 3.8) is 0 Å². The Bertz CT molecular complexity index is 961. The van der Waals surface area contributed by atoms with Crippen LogP contribution in [-0.2, 0) is 6.42 Å². The van der Waals surface area contributed by atoms with Crippen LogP contribution in [-0.4, -0.2) is 9.97 Å². The average Bonchev–Trinajstić information content (AvgIpc) is 3.02. The molecule has 0 radical (unpaired) electrons. The minimum Gasteiger partial charge on any atom is -0.338 e. The number of unbranched alkanes of at least 4 members (excludes halogenated alkanes) is 1. The number of H-pyrrole nitrogens is 1. The van der Waals surface area contributed by atoms with Gasteiger partial charge in [-0.25, -0.2) is 4.98 Å². The molecule has 3 aromatic carbocycles. The van der Waals surface area contributed by atoms with E-state index in [0.29, 0.717) is 0 Å². The largest absolute Gasteiger partial charge is 0.338 e. The second-order valence-electron chi connectivity index (χ2n) is 6.07.